The number of ether oxygens (including phenoxy) is 1. The van der Waals surface area contributed by atoms with Crippen molar-refractivity contribution >= 4 is 44.7 Å². The third-order valence-electron chi connectivity index (χ3n) is 8.71. The topological polar surface area (TPSA) is 46.4 Å². The Bertz CT molecular complexity index is 2210. The van der Waals surface area contributed by atoms with Gasteiger partial charge in [-0.15, -0.1) is 0 Å². The van der Waals surface area contributed by atoms with Crippen LogP contribution in [0.2, 0.25) is 0 Å². The molecule has 8 rings (SSSR count). The standard InChI is InChI=1S/C39H33N5O/c1-25-19-27(3)38(28(4)20-25)43-24-42(39-34(43)15-10-18-41-39)29-11-9-12-30(22-29)45-36-23-35-32(21-26(36)2)31-13-5-6-14-33(31)44(35)37-16-7-8-17-40-37/h5-23H,24H2,1-4H3. The predicted octanol–water partition coefficient (Wildman–Crippen LogP) is 9.85. The van der Waals surface area contributed by atoms with Crippen LogP contribution in [-0.2, 0) is 0 Å². The smallest absolute Gasteiger partial charge is 0.158 e. The number of fused-ring (bicyclic) bond motifs is 4. The monoisotopic (exact) mass is 587 g/mol. The van der Waals surface area contributed by atoms with Crippen LogP contribution in [-0.4, -0.2) is 21.2 Å². The fourth-order valence-electron chi connectivity index (χ4n) is 6.87. The molecule has 0 saturated carbocycles. The van der Waals surface area contributed by atoms with Crippen molar-refractivity contribution in [2.45, 2.75) is 27.7 Å². The molecule has 220 valence electrons. The van der Waals surface area contributed by atoms with Crippen molar-refractivity contribution in [3.8, 4) is 17.3 Å². The minimum absolute atomic E-state index is 0.662. The summed E-state index contributed by atoms with van der Waals surface area (Å²) in [6.45, 7) is 9.30. The second-order valence-electron chi connectivity index (χ2n) is 11.9. The summed E-state index contributed by atoms with van der Waals surface area (Å²) >= 11 is 0. The normalized spacial score (nSPS) is 12.7. The van der Waals surface area contributed by atoms with E-state index in [0.29, 0.717) is 6.67 Å². The number of nitrogens with zero attached hydrogens (tertiary/aromatic N) is 5. The molecule has 7 aromatic rings. The molecule has 0 unspecified atom stereocenters. The number of hydrogen-bond acceptors (Lipinski definition) is 5. The van der Waals surface area contributed by atoms with Gasteiger partial charge in [0.2, 0.25) is 0 Å². The second kappa shape index (κ2) is 10.5. The van der Waals surface area contributed by atoms with Crippen molar-refractivity contribution < 1.29 is 4.74 Å². The summed E-state index contributed by atoms with van der Waals surface area (Å²) < 4.78 is 8.87. The van der Waals surface area contributed by atoms with Crippen molar-refractivity contribution in [2.75, 3.05) is 16.5 Å². The summed E-state index contributed by atoms with van der Waals surface area (Å²) in [6.07, 6.45) is 3.70. The van der Waals surface area contributed by atoms with E-state index in [1.54, 1.807) is 0 Å². The number of para-hydroxylation sites is 1. The molecular weight excluding hydrogens is 554 g/mol. The van der Waals surface area contributed by atoms with Crippen LogP contribution in [0.4, 0.5) is 22.9 Å². The van der Waals surface area contributed by atoms with Gasteiger partial charge in [0.15, 0.2) is 5.82 Å². The van der Waals surface area contributed by atoms with Gasteiger partial charge in [-0.1, -0.05) is 48.0 Å². The molecule has 0 radical (unpaired) electrons. The molecule has 0 saturated heterocycles. The van der Waals surface area contributed by atoms with Crippen LogP contribution >= 0.6 is 0 Å². The maximum atomic E-state index is 6.66. The maximum Gasteiger partial charge on any atom is 0.158 e. The molecule has 0 spiro atoms. The van der Waals surface area contributed by atoms with Crippen molar-refractivity contribution in [2.24, 2.45) is 0 Å². The van der Waals surface area contributed by atoms with E-state index >= 15 is 0 Å². The third-order valence-corrected chi connectivity index (χ3v) is 8.71. The number of hydrogen-bond donors (Lipinski definition) is 0. The Balaban J connectivity index is 1.18. The number of benzene rings is 4. The van der Waals surface area contributed by atoms with Gasteiger partial charge in [-0.25, -0.2) is 9.97 Å². The van der Waals surface area contributed by atoms with Crippen molar-refractivity contribution in [1.29, 1.82) is 0 Å². The van der Waals surface area contributed by atoms with Gasteiger partial charge in [0, 0.05) is 46.7 Å². The van der Waals surface area contributed by atoms with Crippen LogP contribution in [0.15, 0.2) is 116 Å². The molecule has 4 heterocycles. The molecule has 4 aromatic carbocycles. The van der Waals surface area contributed by atoms with Crippen LogP contribution in [0.25, 0.3) is 27.6 Å². The highest BCUT2D eigenvalue weighted by molar-refractivity contribution is 6.09. The number of rotatable bonds is 5. The number of aryl methyl sites for hydroxylation is 4. The first-order chi connectivity index (χ1) is 22.0. The van der Waals surface area contributed by atoms with E-state index in [2.05, 4.69) is 120 Å². The fourth-order valence-corrected chi connectivity index (χ4v) is 6.87. The minimum atomic E-state index is 0.662. The van der Waals surface area contributed by atoms with Crippen molar-refractivity contribution in [1.82, 2.24) is 14.5 Å². The molecule has 0 amide bonds. The quantitative estimate of drug-likeness (QED) is 0.201. The van der Waals surface area contributed by atoms with Crippen LogP contribution in [0.3, 0.4) is 0 Å². The van der Waals surface area contributed by atoms with E-state index in [0.717, 1.165) is 51.1 Å². The van der Waals surface area contributed by atoms with Gasteiger partial charge in [0.1, 0.15) is 24.0 Å². The first-order valence-corrected chi connectivity index (χ1v) is 15.3. The Morgan fingerprint density at radius 2 is 1.42 bits per heavy atom. The number of aromatic nitrogens is 3. The molecule has 0 fully saturated rings. The van der Waals surface area contributed by atoms with E-state index in [1.807, 2.05) is 42.7 Å². The molecule has 1 aliphatic heterocycles. The van der Waals surface area contributed by atoms with Gasteiger partial charge in [-0.3, -0.25) is 4.57 Å². The lowest BCUT2D eigenvalue weighted by molar-refractivity contribution is 0.479. The van der Waals surface area contributed by atoms with E-state index in [1.165, 1.54) is 33.2 Å². The molecule has 0 aliphatic carbocycles. The first-order valence-electron chi connectivity index (χ1n) is 15.3. The summed E-state index contributed by atoms with van der Waals surface area (Å²) in [5, 5.41) is 2.37. The van der Waals surface area contributed by atoms with E-state index in [4.69, 9.17) is 9.72 Å². The van der Waals surface area contributed by atoms with Crippen molar-refractivity contribution in [3.63, 3.8) is 0 Å². The van der Waals surface area contributed by atoms with Gasteiger partial charge >= 0.3 is 0 Å². The Kier molecular flexibility index (Phi) is 6.31. The Hall–Kier alpha value is -5.62. The van der Waals surface area contributed by atoms with Gasteiger partial charge in [-0.2, -0.15) is 0 Å². The van der Waals surface area contributed by atoms with Gasteiger partial charge in [0.25, 0.3) is 0 Å². The average molecular weight is 588 g/mol. The molecule has 6 heteroatoms. The van der Waals surface area contributed by atoms with Crippen LogP contribution in [0.1, 0.15) is 22.3 Å². The summed E-state index contributed by atoms with van der Waals surface area (Å²) in [7, 11) is 0. The molecule has 45 heavy (non-hydrogen) atoms. The highest BCUT2D eigenvalue weighted by atomic mass is 16.5. The molecular formula is C39H33N5O. The molecule has 0 N–H and O–H groups in total. The number of pyridine rings is 2. The first kappa shape index (κ1) is 27.0. The molecule has 0 atom stereocenters. The van der Waals surface area contributed by atoms with E-state index in [9.17, 15) is 0 Å². The third kappa shape index (κ3) is 4.49. The summed E-state index contributed by atoms with van der Waals surface area (Å²) in [5.41, 5.74) is 10.4. The van der Waals surface area contributed by atoms with E-state index in [-0.39, 0.29) is 0 Å². The van der Waals surface area contributed by atoms with Gasteiger partial charge in [0.05, 0.1) is 16.7 Å². The zero-order chi connectivity index (χ0) is 30.7. The summed E-state index contributed by atoms with van der Waals surface area (Å²) in [4.78, 5) is 14.1. The van der Waals surface area contributed by atoms with Crippen LogP contribution in [0.5, 0.6) is 11.5 Å². The lowest BCUT2D eigenvalue weighted by Gasteiger charge is -2.25. The van der Waals surface area contributed by atoms with Gasteiger partial charge < -0.3 is 14.5 Å². The largest absolute Gasteiger partial charge is 0.457 e. The Morgan fingerprint density at radius 3 is 2.24 bits per heavy atom. The Morgan fingerprint density at radius 1 is 0.622 bits per heavy atom. The molecule has 1 aliphatic rings. The van der Waals surface area contributed by atoms with Gasteiger partial charge in [-0.05, 0) is 92.9 Å². The zero-order valence-corrected chi connectivity index (χ0v) is 25.8. The van der Waals surface area contributed by atoms with E-state index < -0.39 is 0 Å². The zero-order valence-electron chi connectivity index (χ0n) is 25.8. The SMILES string of the molecule is Cc1cc(C)c(N2CN(c3cccc(Oc4cc5c(cc4C)c4ccccc4n5-c4ccccn4)c3)c3ncccc32)c(C)c1. The lowest BCUT2D eigenvalue weighted by Crippen LogP contribution is -2.25. The highest BCUT2D eigenvalue weighted by Gasteiger charge is 2.31. The maximum absolute atomic E-state index is 6.66. The molecule has 3 aromatic heterocycles. The van der Waals surface area contributed by atoms with Crippen LogP contribution in [0, 0.1) is 27.7 Å². The van der Waals surface area contributed by atoms with Crippen LogP contribution < -0.4 is 14.5 Å². The molecule has 0 bridgehead atoms. The minimum Gasteiger partial charge on any atom is -0.457 e. The second-order valence-corrected chi connectivity index (χ2v) is 11.9. The van der Waals surface area contributed by atoms with Crippen molar-refractivity contribution in [3.05, 3.63) is 138 Å². The Labute approximate surface area is 262 Å². The molecule has 6 nitrogen and oxygen atoms in total. The average Bonchev–Trinajstić information content (AvgIpc) is 3.57. The fraction of sp³-hybridized carbons (Fsp3) is 0.128. The number of anilines is 4. The predicted molar refractivity (Wildman–Crippen MR) is 184 cm³/mol. The highest BCUT2D eigenvalue weighted by Crippen LogP contribution is 2.45. The lowest BCUT2D eigenvalue weighted by atomic mass is 10.0. The summed E-state index contributed by atoms with van der Waals surface area (Å²) in [6, 6.07) is 35.8. The summed E-state index contributed by atoms with van der Waals surface area (Å²) in [5.74, 6) is 3.40.